The molecule has 0 saturated heterocycles. The molecule has 4 nitrogen and oxygen atoms in total. The Labute approximate surface area is 152 Å². The number of rotatable bonds is 2. The van der Waals surface area contributed by atoms with Gasteiger partial charge in [0, 0.05) is 12.0 Å². The number of benzene rings is 3. The molecule has 2 aliphatic rings. The molecule has 0 N–H and O–H groups in total. The van der Waals surface area contributed by atoms with E-state index in [1.54, 1.807) is 14.2 Å². The highest BCUT2D eigenvalue weighted by Gasteiger charge is 2.47. The van der Waals surface area contributed by atoms with E-state index in [9.17, 15) is 0 Å². The molecule has 0 radical (unpaired) electrons. The molecule has 0 atom stereocenters. The molecule has 0 fully saturated rings. The molecule has 3 aromatic carbocycles. The normalized spacial score (nSPS) is 16.5. The van der Waals surface area contributed by atoms with Crippen molar-refractivity contribution in [2.45, 2.75) is 25.0 Å². The summed E-state index contributed by atoms with van der Waals surface area (Å²) in [5, 5.41) is 2.14. The average Bonchev–Trinajstić information content (AvgIpc) is 2.68. The Bertz CT molecular complexity index is 968. The Morgan fingerprint density at radius 3 is 2.15 bits per heavy atom. The first kappa shape index (κ1) is 15.4. The van der Waals surface area contributed by atoms with Crippen LogP contribution < -0.4 is 18.9 Å². The van der Waals surface area contributed by atoms with E-state index < -0.39 is 5.79 Å². The van der Waals surface area contributed by atoms with E-state index >= 15 is 0 Å². The monoisotopic (exact) mass is 348 g/mol. The fourth-order valence-electron chi connectivity index (χ4n) is 4.28. The van der Waals surface area contributed by atoms with Gasteiger partial charge in [0.2, 0.25) is 0 Å². The lowest BCUT2D eigenvalue weighted by Crippen LogP contribution is -2.44. The van der Waals surface area contributed by atoms with Crippen LogP contribution in [0.5, 0.6) is 23.0 Å². The van der Waals surface area contributed by atoms with Gasteiger partial charge in [-0.1, -0.05) is 24.3 Å². The molecule has 0 bridgehead atoms. The number of methoxy groups -OCH3 is 2. The molecule has 3 aromatic rings. The minimum absolute atomic E-state index is 0.758. The number of fused-ring (bicyclic) bond motifs is 2. The maximum atomic E-state index is 6.54. The van der Waals surface area contributed by atoms with E-state index in [4.69, 9.17) is 18.9 Å². The van der Waals surface area contributed by atoms with Gasteiger partial charge in [0.25, 0.3) is 5.79 Å². The van der Waals surface area contributed by atoms with E-state index in [0.717, 1.165) is 64.2 Å². The first-order valence-corrected chi connectivity index (χ1v) is 8.90. The summed E-state index contributed by atoms with van der Waals surface area (Å²) in [4.78, 5) is 0. The van der Waals surface area contributed by atoms with Crippen molar-refractivity contribution < 1.29 is 18.9 Å². The van der Waals surface area contributed by atoms with Crippen LogP contribution in [0.3, 0.4) is 0 Å². The Hall–Kier alpha value is -2.88. The molecule has 5 rings (SSSR count). The van der Waals surface area contributed by atoms with Crippen LogP contribution in [0.25, 0.3) is 10.8 Å². The summed E-state index contributed by atoms with van der Waals surface area (Å²) in [7, 11) is 3.38. The van der Waals surface area contributed by atoms with E-state index in [1.165, 1.54) is 0 Å². The maximum absolute atomic E-state index is 6.54. The Morgan fingerprint density at radius 1 is 0.846 bits per heavy atom. The van der Waals surface area contributed by atoms with Gasteiger partial charge in [-0.15, -0.1) is 0 Å². The largest absolute Gasteiger partial charge is 0.496 e. The molecule has 1 aliphatic heterocycles. The molecular weight excluding hydrogens is 328 g/mol. The van der Waals surface area contributed by atoms with E-state index in [0.29, 0.717) is 0 Å². The van der Waals surface area contributed by atoms with Gasteiger partial charge < -0.3 is 18.9 Å². The summed E-state index contributed by atoms with van der Waals surface area (Å²) < 4.78 is 24.4. The van der Waals surface area contributed by atoms with Crippen molar-refractivity contribution >= 4 is 10.8 Å². The van der Waals surface area contributed by atoms with Gasteiger partial charge in [-0.2, -0.15) is 0 Å². The van der Waals surface area contributed by atoms with Crippen LogP contribution in [0.2, 0.25) is 0 Å². The Kier molecular flexibility index (Phi) is 3.29. The summed E-state index contributed by atoms with van der Waals surface area (Å²) in [5.74, 6) is 2.43. The molecule has 0 amide bonds. The topological polar surface area (TPSA) is 36.9 Å². The van der Waals surface area contributed by atoms with Gasteiger partial charge in [-0.05, 0) is 42.5 Å². The lowest BCUT2D eigenvalue weighted by molar-refractivity contribution is -0.139. The smallest absolute Gasteiger partial charge is 0.281 e. The Balaban J connectivity index is 1.76. The second-order valence-corrected chi connectivity index (χ2v) is 6.74. The third kappa shape index (κ3) is 2.02. The highest BCUT2D eigenvalue weighted by atomic mass is 16.7. The third-order valence-electron chi connectivity index (χ3n) is 5.36. The van der Waals surface area contributed by atoms with Gasteiger partial charge in [0.05, 0.1) is 25.2 Å². The van der Waals surface area contributed by atoms with Gasteiger partial charge in [-0.25, -0.2) is 0 Å². The van der Waals surface area contributed by atoms with Crippen molar-refractivity contribution in [2.75, 3.05) is 14.2 Å². The van der Waals surface area contributed by atoms with Crippen molar-refractivity contribution in [1.29, 1.82) is 0 Å². The van der Waals surface area contributed by atoms with Crippen LogP contribution >= 0.6 is 0 Å². The molecule has 1 spiro atoms. The summed E-state index contributed by atoms with van der Waals surface area (Å²) >= 11 is 0. The highest BCUT2D eigenvalue weighted by molar-refractivity contribution is 5.94. The molecular formula is C22H20O4. The first-order chi connectivity index (χ1) is 12.8. The number of hydrogen-bond acceptors (Lipinski definition) is 4. The second-order valence-electron chi connectivity index (χ2n) is 6.74. The fourth-order valence-corrected chi connectivity index (χ4v) is 4.28. The summed E-state index contributed by atoms with van der Waals surface area (Å²) in [6.07, 6.45) is 2.62. The maximum Gasteiger partial charge on any atom is 0.281 e. The first-order valence-electron chi connectivity index (χ1n) is 8.90. The number of ether oxygens (including phenoxy) is 4. The van der Waals surface area contributed by atoms with E-state index in [1.807, 2.05) is 36.4 Å². The molecule has 26 heavy (non-hydrogen) atoms. The van der Waals surface area contributed by atoms with Crippen LogP contribution in [-0.2, 0) is 12.2 Å². The molecule has 1 aliphatic carbocycles. The zero-order valence-electron chi connectivity index (χ0n) is 14.9. The van der Waals surface area contributed by atoms with Crippen molar-refractivity contribution in [1.82, 2.24) is 0 Å². The molecule has 0 saturated carbocycles. The summed E-state index contributed by atoms with van der Waals surface area (Å²) in [6, 6.07) is 16.1. The predicted octanol–water partition coefficient (Wildman–Crippen LogP) is 4.82. The minimum atomic E-state index is -0.893. The third-order valence-corrected chi connectivity index (χ3v) is 5.36. The fraction of sp³-hybridized carbons (Fsp3) is 0.273. The van der Waals surface area contributed by atoms with Crippen molar-refractivity contribution in [3.8, 4) is 23.0 Å². The number of hydrogen-bond donors (Lipinski definition) is 0. The van der Waals surface area contributed by atoms with Gasteiger partial charge in [-0.3, -0.25) is 0 Å². The van der Waals surface area contributed by atoms with Crippen LogP contribution in [0.1, 0.15) is 24.0 Å². The zero-order chi connectivity index (χ0) is 17.7. The lowest BCUT2D eigenvalue weighted by atomic mass is 9.84. The van der Waals surface area contributed by atoms with Gasteiger partial charge >= 0.3 is 0 Å². The molecule has 132 valence electrons. The summed E-state index contributed by atoms with van der Waals surface area (Å²) in [6.45, 7) is 0. The van der Waals surface area contributed by atoms with Crippen LogP contribution in [0.4, 0.5) is 0 Å². The van der Waals surface area contributed by atoms with Crippen LogP contribution in [0, 0.1) is 0 Å². The quantitative estimate of drug-likeness (QED) is 0.665. The second kappa shape index (κ2) is 5.56. The van der Waals surface area contributed by atoms with Gasteiger partial charge in [0.15, 0.2) is 0 Å². The molecule has 0 unspecified atom stereocenters. The lowest BCUT2D eigenvalue weighted by Gasteiger charge is -2.42. The van der Waals surface area contributed by atoms with Crippen molar-refractivity contribution in [3.63, 3.8) is 0 Å². The average molecular weight is 348 g/mol. The molecule has 4 heteroatoms. The standard InChI is InChI=1S/C22H20O4/c1-23-16-11-12-19(24-2)21-15(16)8-5-13-22(21)25-17-9-3-6-14-7-4-10-18(26-22)20(14)17/h3-4,6-7,9-12H,5,8,13H2,1-2H3. The SMILES string of the molecule is COc1ccc(OC)c2c1CCCC21Oc2cccc3cccc(c23)O1. The highest BCUT2D eigenvalue weighted by Crippen LogP contribution is 2.52. The predicted molar refractivity (Wildman–Crippen MR) is 99.4 cm³/mol. The van der Waals surface area contributed by atoms with E-state index in [2.05, 4.69) is 12.1 Å². The summed E-state index contributed by atoms with van der Waals surface area (Å²) in [5.41, 5.74) is 2.04. The van der Waals surface area contributed by atoms with Gasteiger partial charge in [0.1, 0.15) is 23.0 Å². The zero-order valence-corrected chi connectivity index (χ0v) is 14.9. The van der Waals surface area contributed by atoms with Crippen molar-refractivity contribution in [3.05, 3.63) is 59.7 Å². The molecule has 0 aromatic heterocycles. The Morgan fingerprint density at radius 2 is 1.50 bits per heavy atom. The van der Waals surface area contributed by atoms with Crippen LogP contribution in [-0.4, -0.2) is 14.2 Å². The van der Waals surface area contributed by atoms with Crippen molar-refractivity contribution in [2.24, 2.45) is 0 Å². The minimum Gasteiger partial charge on any atom is -0.496 e. The van der Waals surface area contributed by atoms with Crippen LogP contribution in [0.15, 0.2) is 48.5 Å². The van der Waals surface area contributed by atoms with E-state index in [-0.39, 0.29) is 0 Å². The molecule has 1 heterocycles.